The summed E-state index contributed by atoms with van der Waals surface area (Å²) in [4.78, 5) is 7.97. The van der Waals surface area contributed by atoms with Crippen molar-refractivity contribution in [2.75, 3.05) is 18.5 Å². The molecule has 0 amide bonds. The SMILES string of the molecule is Cn1cc(-c2cc3cnc(NC4CCOCC4)cc3[nH]2)cn1. The zero-order valence-corrected chi connectivity index (χ0v) is 12.5. The normalized spacial score (nSPS) is 16.2. The molecule has 0 saturated carbocycles. The van der Waals surface area contributed by atoms with E-state index in [-0.39, 0.29) is 0 Å². The second kappa shape index (κ2) is 5.46. The first kappa shape index (κ1) is 13.3. The molecule has 114 valence electrons. The molecule has 4 rings (SSSR count). The van der Waals surface area contributed by atoms with E-state index in [2.05, 4.69) is 32.5 Å². The van der Waals surface area contributed by atoms with Crippen LogP contribution < -0.4 is 5.32 Å². The number of aryl methyl sites for hydroxylation is 1. The molecule has 1 aliphatic heterocycles. The average molecular weight is 297 g/mol. The third-order valence-corrected chi connectivity index (χ3v) is 4.09. The number of hydrogen-bond donors (Lipinski definition) is 2. The zero-order valence-electron chi connectivity index (χ0n) is 12.5. The van der Waals surface area contributed by atoms with E-state index in [4.69, 9.17) is 4.74 Å². The molecule has 3 aromatic heterocycles. The van der Waals surface area contributed by atoms with Gasteiger partial charge in [-0.3, -0.25) is 4.68 Å². The minimum atomic E-state index is 0.450. The second-order valence-corrected chi connectivity index (χ2v) is 5.77. The second-order valence-electron chi connectivity index (χ2n) is 5.77. The molecule has 1 aliphatic rings. The Morgan fingerprint density at radius 2 is 2.14 bits per heavy atom. The molecule has 1 saturated heterocycles. The highest BCUT2D eigenvalue weighted by Gasteiger charge is 2.14. The van der Waals surface area contributed by atoms with Crippen molar-refractivity contribution in [1.29, 1.82) is 0 Å². The number of anilines is 1. The Balaban J connectivity index is 1.60. The molecule has 4 heterocycles. The van der Waals surface area contributed by atoms with Crippen LogP contribution in [0.3, 0.4) is 0 Å². The lowest BCUT2D eigenvalue weighted by molar-refractivity contribution is 0.0904. The average Bonchev–Trinajstić information content (AvgIpc) is 3.14. The van der Waals surface area contributed by atoms with Crippen LogP contribution in [-0.4, -0.2) is 39.0 Å². The first-order chi connectivity index (χ1) is 10.8. The molecular weight excluding hydrogens is 278 g/mol. The van der Waals surface area contributed by atoms with E-state index in [1.165, 1.54) is 0 Å². The summed E-state index contributed by atoms with van der Waals surface area (Å²) < 4.78 is 7.19. The Morgan fingerprint density at radius 1 is 1.27 bits per heavy atom. The van der Waals surface area contributed by atoms with Crippen molar-refractivity contribution in [1.82, 2.24) is 19.7 Å². The van der Waals surface area contributed by atoms with Gasteiger partial charge in [0.05, 0.1) is 11.7 Å². The number of hydrogen-bond acceptors (Lipinski definition) is 4. The molecule has 1 fully saturated rings. The van der Waals surface area contributed by atoms with E-state index in [0.29, 0.717) is 6.04 Å². The molecule has 0 aromatic carbocycles. The number of pyridine rings is 1. The molecule has 6 heteroatoms. The van der Waals surface area contributed by atoms with Crippen LogP contribution in [0, 0.1) is 0 Å². The summed E-state index contributed by atoms with van der Waals surface area (Å²) in [6.45, 7) is 1.65. The third kappa shape index (κ3) is 2.57. The summed E-state index contributed by atoms with van der Waals surface area (Å²) in [5.74, 6) is 0.916. The smallest absolute Gasteiger partial charge is 0.128 e. The van der Waals surface area contributed by atoms with E-state index in [0.717, 1.165) is 54.0 Å². The van der Waals surface area contributed by atoms with Gasteiger partial charge in [-0.15, -0.1) is 0 Å². The van der Waals surface area contributed by atoms with E-state index < -0.39 is 0 Å². The van der Waals surface area contributed by atoms with Gasteiger partial charge in [0.15, 0.2) is 0 Å². The van der Waals surface area contributed by atoms with Crippen LogP contribution in [0.25, 0.3) is 22.2 Å². The number of aromatic amines is 1. The molecule has 0 atom stereocenters. The summed E-state index contributed by atoms with van der Waals surface area (Å²) in [7, 11) is 1.92. The van der Waals surface area contributed by atoms with Gasteiger partial charge in [0.25, 0.3) is 0 Å². The van der Waals surface area contributed by atoms with Gasteiger partial charge in [-0.25, -0.2) is 4.98 Å². The molecule has 0 spiro atoms. The van der Waals surface area contributed by atoms with Crippen molar-refractivity contribution in [3.63, 3.8) is 0 Å². The highest BCUT2D eigenvalue weighted by molar-refractivity contribution is 5.86. The maximum Gasteiger partial charge on any atom is 0.128 e. The maximum absolute atomic E-state index is 5.39. The van der Waals surface area contributed by atoms with Crippen LogP contribution >= 0.6 is 0 Å². The molecular formula is C16H19N5O. The lowest BCUT2D eigenvalue weighted by Gasteiger charge is -2.23. The Bertz CT molecular complexity index is 785. The summed E-state index contributed by atoms with van der Waals surface area (Å²) in [6, 6.07) is 4.63. The Labute approximate surface area is 128 Å². The maximum atomic E-state index is 5.39. The van der Waals surface area contributed by atoms with Crippen LogP contribution in [-0.2, 0) is 11.8 Å². The fourth-order valence-corrected chi connectivity index (χ4v) is 2.87. The Kier molecular flexibility index (Phi) is 3.31. The largest absolute Gasteiger partial charge is 0.381 e. The number of rotatable bonds is 3. The number of fused-ring (bicyclic) bond motifs is 1. The summed E-state index contributed by atoms with van der Waals surface area (Å²) in [6.07, 6.45) is 7.84. The fraction of sp³-hybridized carbons (Fsp3) is 0.375. The van der Waals surface area contributed by atoms with Crippen molar-refractivity contribution in [2.45, 2.75) is 18.9 Å². The summed E-state index contributed by atoms with van der Waals surface area (Å²) in [5, 5.41) is 8.82. The minimum absolute atomic E-state index is 0.450. The van der Waals surface area contributed by atoms with E-state index in [9.17, 15) is 0 Å². The number of aromatic nitrogens is 4. The zero-order chi connectivity index (χ0) is 14.9. The molecule has 22 heavy (non-hydrogen) atoms. The van der Waals surface area contributed by atoms with Crippen LogP contribution in [0.2, 0.25) is 0 Å². The molecule has 2 N–H and O–H groups in total. The number of nitrogens with zero attached hydrogens (tertiary/aromatic N) is 3. The number of H-pyrrole nitrogens is 1. The van der Waals surface area contributed by atoms with Crippen molar-refractivity contribution >= 4 is 16.7 Å². The van der Waals surface area contributed by atoms with Crippen LogP contribution in [0.15, 0.2) is 30.7 Å². The van der Waals surface area contributed by atoms with Crippen LogP contribution in [0.1, 0.15) is 12.8 Å². The Morgan fingerprint density at radius 3 is 2.91 bits per heavy atom. The van der Waals surface area contributed by atoms with Gasteiger partial charge in [-0.2, -0.15) is 5.10 Å². The predicted molar refractivity (Wildman–Crippen MR) is 85.8 cm³/mol. The molecule has 0 unspecified atom stereocenters. The van der Waals surface area contributed by atoms with Gasteiger partial charge < -0.3 is 15.0 Å². The highest BCUT2D eigenvalue weighted by atomic mass is 16.5. The first-order valence-corrected chi connectivity index (χ1v) is 7.60. The van der Waals surface area contributed by atoms with Gasteiger partial charge in [-0.1, -0.05) is 0 Å². The lowest BCUT2D eigenvalue weighted by Crippen LogP contribution is -2.28. The standard InChI is InChI=1S/C16H19N5O/c1-21-10-12(9-18-21)14-6-11-8-17-16(7-15(11)20-14)19-13-2-4-22-5-3-13/h6-10,13,20H,2-5H2,1H3,(H,17,19). The van der Waals surface area contributed by atoms with E-state index >= 15 is 0 Å². The predicted octanol–water partition coefficient (Wildman–Crippen LogP) is 2.55. The van der Waals surface area contributed by atoms with E-state index in [1.54, 1.807) is 4.68 Å². The van der Waals surface area contributed by atoms with Crippen LogP contribution in [0.4, 0.5) is 5.82 Å². The molecule has 3 aromatic rings. The quantitative estimate of drug-likeness (QED) is 0.779. The summed E-state index contributed by atoms with van der Waals surface area (Å²) in [5.41, 5.74) is 3.23. The van der Waals surface area contributed by atoms with Crippen LogP contribution in [0.5, 0.6) is 0 Å². The molecule has 6 nitrogen and oxygen atoms in total. The molecule has 0 bridgehead atoms. The van der Waals surface area contributed by atoms with E-state index in [1.807, 2.05) is 25.6 Å². The van der Waals surface area contributed by atoms with Gasteiger partial charge in [0, 0.05) is 61.4 Å². The Hall–Kier alpha value is -2.34. The molecule has 0 aliphatic carbocycles. The fourth-order valence-electron chi connectivity index (χ4n) is 2.87. The first-order valence-electron chi connectivity index (χ1n) is 7.60. The lowest BCUT2D eigenvalue weighted by atomic mass is 10.1. The van der Waals surface area contributed by atoms with Crippen molar-refractivity contribution in [3.05, 3.63) is 30.7 Å². The van der Waals surface area contributed by atoms with Crippen molar-refractivity contribution in [2.24, 2.45) is 7.05 Å². The summed E-state index contributed by atoms with van der Waals surface area (Å²) >= 11 is 0. The van der Waals surface area contributed by atoms with Gasteiger partial charge in [0.2, 0.25) is 0 Å². The van der Waals surface area contributed by atoms with Crippen molar-refractivity contribution in [3.8, 4) is 11.3 Å². The van der Waals surface area contributed by atoms with Gasteiger partial charge in [0.1, 0.15) is 5.82 Å². The van der Waals surface area contributed by atoms with Gasteiger partial charge >= 0.3 is 0 Å². The number of ether oxygens (including phenoxy) is 1. The highest BCUT2D eigenvalue weighted by Crippen LogP contribution is 2.25. The third-order valence-electron chi connectivity index (χ3n) is 4.09. The monoisotopic (exact) mass is 297 g/mol. The molecule has 0 radical (unpaired) electrons. The number of nitrogens with one attached hydrogen (secondary N) is 2. The van der Waals surface area contributed by atoms with Crippen molar-refractivity contribution < 1.29 is 4.74 Å². The topological polar surface area (TPSA) is 67.8 Å². The minimum Gasteiger partial charge on any atom is -0.381 e. The van der Waals surface area contributed by atoms with Gasteiger partial charge in [-0.05, 0) is 18.9 Å².